The van der Waals surface area contributed by atoms with Gasteiger partial charge in [0.05, 0.1) is 5.56 Å². The fraction of sp³-hybridized carbons (Fsp3) is 0.167. The molecule has 0 aliphatic rings. The predicted octanol–water partition coefficient (Wildman–Crippen LogP) is 2.66. The molecular weight excluding hydrogens is 337 g/mol. The first kappa shape index (κ1) is 16.7. The van der Waals surface area contributed by atoms with Gasteiger partial charge in [0, 0.05) is 18.8 Å². The zero-order valence-corrected chi connectivity index (χ0v) is 12.4. The van der Waals surface area contributed by atoms with E-state index in [0.29, 0.717) is 6.07 Å². The van der Waals surface area contributed by atoms with Crippen LogP contribution in [0, 0.1) is 0 Å². The van der Waals surface area contributed by atoms with E-state index in [1.165, 1.54) is 7.05 Å². The smallest absolute Gasteiger partial charge is 0.416 e. The van der Waals surface area contributed by atoms with Crippen molar-refractivity contribution in [2.45, 2.75) is 6.18 Å². The minimum Gasteiger partial charge on any atom is -0.508 e. The highest BCUT2D eigenvalue weighted by molar-refractivity contribution is 7.11. The van der Waals surface area contributed by atoms with Gasteiger partial charge >= 0.3 is 12.2 Å². The lowest BCUT2D eigenvalue weighted by atomic mass is 10.2. The number of rotatable bonds is 3. The Balaban J connectivity index is 2.35. The number of phenols is 1. The Hall–Kier alpha value is -2.69. The summed E-state index contributed by atoms with van der Waals surface area (Å²) >= 11 is 0.789. The van der Waals surface area contributed by atoms with Gasteiger partial charge in [-0.1, -0.05) is 0 Å². The molecule has 0 radical (unpaired) electrons. The van der Waals surface area contributed by atoms with Crippen molar-refractivity contribution in [3.63, 3.8) is 0 Å². The van der Waals surface area contributed by atoms with E-state index < -0.39 is 29.1 Å². The Bertz CT molecular complexity index is 785. The average molecular weight is 348 g/mol. The molecule has 1 aromatic carbocycles. The number of hydrogen-bond acceptors (Lipinski definition) is 5. The van der Waals surface area contributed by atoms with Gasteiger partial charge in [-0.15, -0.1) is 0 Å². The first-order valence-corrected chi connectivity index (χ1v) is 6.91. The highest BCUT2D eigenvalue weighted by Crippen LogP contribution is 2.35. The van der Waals surface area contributed by atoms with Gasteiger partial charge in [-0.05, 0) is 23.7 Å². The van der Waals surface area contributed by atoms with E-state index in [0.717, 1.165) is 23.7 Å². The van der Waals surface area contributed by atoms with Gasteiger partial charge in [0.15, 0.2) is 0 Å². The van der Waals surface area contributed by atoms with Crippen molar-refractivity contribution in [1.82, 2.24) is 9.69 Å². The number of halogens is 3. The molecule has 2 rings (SSSR count). The number of urea groups is 1. The Morgan fingerprint density at radius 1 is 1.30 bits per heavy atom. The van der Waals surface area contributed by atoms with Crippen LogP contribution in [-0.2, 0) is 6.18 Å². The Labute approximate surface area is 131 Å². The lowest BCUT2D eigenvalue weighted by Crippen LogP contribution is -2.27. The maximum atomic E-state index is 12.7. The zero-order chi connectivity index (χ0) is 17.2. The maximum Gasteiger partial charge on any atom is 0.416 e. The number of hydrogen-bond donors (Lipinski definition) is 5. The Kier molecular flexibility index (Phi) is 4.50. The van der Waals surface area contributed by atoms with Crippen molar-refractivity contribution in [3.05, 3.63) is 34.1 Å². The summed E-state index contributed by atoms with van der Waals surface area (Å²) in [6.45, 7) is 0. The molecule has 1 heterocycles. The molecule has 0 spiro atoms. The van der Waals surface area contributed by atoms with Crippen LogP contribution in [-0.4, -0.2) is 22.6 Å². The van der Waals surface area contributed by atoms with E-state index in [4.69, 9.17) is 0 Å². The van der Waals surface area contributed by atoms with Crippen LogP contribution in [0.3, 0.4) is 0 Å². The first-order valence-electron chi connectivity index (χ1n) is 6.09. The first-order chi connectivity index (χ1) is 10.7. The third kappa shape index (κ3) is 3.94. The van der Waals surface area contributed by atoms with Crippen molar-refractivity contribution in [2.24, 2.45) is 0 Å². The van der Waals surface area contributed by atoms with Gasteiger partial charge in [-0.2, -0.15) is 13.2 Å². The van der Waals surface area contributed by atoms with Crippen LogP contribution >= 0.6 is 11.5 Å². The van der Waals surface area contributed by atoms with E-state index in [-0.39, 0.29) is 16.4 Å². The number of phenolic OH excluding ortho intramolecular Hbond substituents is 1. The van der Waals surface area contributed by atoms with E-state index in [2.05, 4.69) is 20.3 Å². The minimum atomic E-state index is -4.64. The molecule has 0 unspecified atom stereocenters. The van der Waals surface area contributed by atoms with Crippen LogP contribution in [0.25, 0.3) is 0 Å². The summed E-state index contributed by atoms with van der Waals surface area (Å²) < 4.78 is 40.5. The number of benzene rings is 1. The summed E-state index contributed by atoms with van der Waals surface area (Å²) in [4.78, 5) is 22.9. The number of alkyl halides is 3. The van der Waals surface area contributed by atoms with Crippen molar-refractivity contribution >= 4 is 33.9 Å². The molecule has 0 aliphatic heterocycles. The number of aromatic nitrogens is 1. The molecule has 0 aliphatic carbocycles. The normalized spacial score (nSPS) is 11.1. The SMILES string of the molecule is CNC(=O)Nc1c(Nc2cc(O)cc(C(F)(F)F)c2)s[nH]c1=O. The third-order valence-corrected chi connectivity index (χ3v) is 3.47. The van der Waals surface area contributed by atoms with E-state index in [1.807, 2.05) is 0 Å². The van der Waals surface area contributed by atoms with Gasteiger partial charge in [0.1, 0.15) is 16.4 Å². The van der Waals surface area contributed by atoms with Crippen LogP contribution in [0.4, 0.5) is 34.3 Å². The molecule has 0 saturated heterocycles. The van der Waals surface area contributed by atoms with Crippen LogP contribution in [0.1, 0.15) is 5.56 Å². The Morgan fingerprint density at radius 2 is 2.00 bits per heavy atom. The number of carbonyl (C=O) groups excluding carboxylic acids is 1. The highest BCUT2D eigenvalue weighted by atomic mass is 32.1. The molecule has 0 bridgehead atoms. The summed E-state index contributed by atoms with van der Waals surface area (Å²) in [6, 6.07) is 1.74. The van der Waals surface area contributed by atoms with Crippen LogP contribution in [0.5, 0.6) is 5.75 Å². The summed E-state index contributed by atoms with van der Waals surface area (Å²) in [5.74, 6) is -0.592. The number of H-pyrrole nitrogens is 1. The third-order valence-electron chi connectivity index (χ3n) is 2.67. The quantitative estimate of drug-likeness (QED) is 0.588. The van der Waals surface area contributed by atoms with Crippen LogP contribution in [0.15, 0.2) is 23.0 Å². The van der Waals surface area contributed by atoms with Gasteiger partial charge in [0.25, 0.3) is 5.56 Å². The molecule has 2 aromatic rings. The molecule has 11 heteroatoms. The zero-order valence-electron chi connectivity index (χ0n) is 11.5. The van der Waals surface area contributed by atoms with Gasteiger partial charge in [0.2, 0.25) is 0 Å². The molecule has 0 atom stereocenters. The number of aromatic amines is 1. The van der Waals surface area contributed by atoms with E-state index in [9.17, 15) is 27.9 Å². The van der Waals surface area contributed by atoms with E-state index >= 15 is 0 Å². The molecule has 0 saturated carbocycles. The number of amides is 2. The summed E-state index contributed by atoms with van der Waals surface area (Å²) in [7, 11) is 1.34. The molecule has 124 valence electrons. The van der Waals surface area contributed by atoms with Crippen LogP contribution in [0.2, 0.25) is 0 Å². The second-order valence-corrected chi connectivity index (χ2v) is 5.15. The molecule has 5 N–H and O–H groups in total. The number of aromatic hydroxyl groups is 1. The highest BCUT2D eigenvalue weighted by Gasteiger charge is 2.31. The monoisotopic (exact) mass is 348 g/mol. The molecule has 2 amide bonds. The van der Waals surface area contributed by atoms with Crippen molar-refractivity contribution in [1.29, 1.82) is 0 Å². The fourth-order valence-electron chi connectivity index (χ4n) is 1.66. The maximum absolute atomic E-state index is 12.7. The summed E-state index contributed by atoms with van der Waals surface area (Å²) in [5, 5.41) is 16.6. The molecule has 0 fully saturated rings. The van der Waals surface area contributed by atoms with Crippen molar-refractivity contribution in [2.75, 3.05) is 17.7 Å². The van der Waals surface area contributed by atoms with Gasteiger partial charge in [-0.25, -0.2) is 4.79 Å². The van der Waals surface area contributed by atoms with Crippen molar-refractivity contribution in [3.8, 4) is 5.75 Å². The average Bonchev–Trinajstić information content (AvgIpc) is 2.78. The number of carbonyl (C=O) groups is 1. The second kappa shape index (κ2) is 6.20. The Morgan fingerprint density at radius 3 is 2.61 bits per heavy atom. The fourth-order valence-corrected chi connectivity index (χ4v) is 2.37. The van der Waals surface area contributed by atoms with E-state index in [1.54, 1.807) is 0 Å². The predicted molar refractivity (Wildman–Crippen MR) is 79.4 cm³/mol. The lowest BCUT2D eigenvalue weighted by Gasteiger charge is -2.11. The molecule has 23 heavy (non-hydrogen) atoms. The number of anilines is 3. The van der Waals surface area contributed by atoms with Crippen molar-refractivity contribution < 1.29 is 23.1 Å². The minimum absolute atomic E-state index is 0.0902. The van der Waals surface area contributed by atoms with Gasteiger partial charge in [-0.3, -0.25) is 9.17 Å². The summed E-state index contributed by atoms with van der Waals surface area (Å²) in [6.07, 6.45) is -4.64. The van der Waals surface area contributed by atoms with Crippen LogP contribution < -0.4 is 21.5 Å². The van der Waals surface area contributed by atoms with Gasteiger partial charge < -0.3 is 21.1 Å². The topological polar surface area (TPSA) is 106 Å². The largest absolute Gasteiger partial charge is 0.508 e. The lowest BCUT2D eigenvalue weighted by molar-refractivity contribution is -0.137. The molecule has 7 nitrogen and oxygen atoms in total. The standard InChI is InChI=1S/C12H11F3N4O3S/c1-16-11(22)18-8-9(21)19-23-10(8)17-6-2-5(12(13,14)15)3-7(20)4-6/h2-4,17,20H,1H3,(H,19,21)(H2,16,18,22). The second-order valence-electron chi connectivity index (χ2n) is 4.33. The summed E-state index contributed by atoms with van der Waals surface area (Å²) in [5.41, 5.74) is -1.90. The molecular formula is C12H11F3N4O3S. The number of nitrogens with one attached hydrogen (secondary N) is 4. The molecule has 1 aromatic heterocycles.